The zero-order chi connectivity index (χ0) is 12.8. The second-order valence-electron chi connectivity index (χ2n) is 4.77. The van der Waals surface area contributed by atoms with Gasteiger partial charge in [-0.15, -0.1) is 0 Å². The van der Waals surface area contributed by atoms with Gasteiger partial charge in [-0.3, -0.25) is 0 Å². The number of rotatable bonds is 4. The highest BCUT2D eigenvalue weighted by atomic mass is 15.2. The Hall–Kier alpha value is -1.53. The summed E-state index contributed by atoms with van der Waals surface area (Å²) < 4.78 is 0. The molecule has 0 aromatic heterocycles. The van der Waals surface area contributed by atoms with Gasteiger partial charge in [-0.1, -0.05) is 25.1 Å². The molecule has 18 heavy (non-hydrogen) atoms. The summed E-state index contributed by atoms with van der Waals surface area (Å²) in [5.41, 5.74) is 2.73. The first kappa shape index (κ1) is 12.9. The highest BCUT2D eigenvalue weighted by molar-refractivity contribution is 5.54. The standard InChI is InChI=1S/C15H21N3/c1-2-17-14(11-16)12-18-10-6-5-8-13-7-3-4-9-15(13)18/h3-4,7,9,14,17H,2,5-6,8,10,12H2,1H3. The number of likely N-dealkylation sites (N-methyl/N-ethyl adjacent to an activating group) is 1. The third-order valence-electron chi connectivity index (χ3n) is 3.47. The van der Waals surface area contributed by atoms with E-state index >= 15 is 0 Å². The first-order chi connectivity index (χ1) is 8.85. The maximum absolute atomic E-state index is 9.17. The Balaban J connectivity index is 2.15. The molecule has 96 valence electrons. The van der Waals surface area contributed by atoms with Crippen LogP contribution in [0.5, 0.6) is 0 Å². The third-order valence-corrected chi connectivity index (χ3v) is 3.47. The molecule has 0 spiro atoms. The van der Waals surface area contributed by atoms with Gasteiger partial charge in [0.2, 0.25) is 0 Å². The van der Waals surface area contributed by atoms with Crippen molar-refractivity contribution < 1.29 is 0 Å². The Bertz CT molecular complexity index is 422. The van der Waals surface area contributed by atoms with Gasteiger partial charge in [0, 0.05) is 18.8 Å². The number of nitriles is 1. The lowest BCUT2D eigenvalue weighted by Gasteiger charge is -2.27. The molecule has 0 bridgehead atoms. The van der Waals surface area contributed by atoms with Crippen molar-refractivity contribution in [2.24, 2.45) is 0 Å². The minimum Gasteiger partial charge on any atom is -0.369 e. The van der Waals surface area contributed by atoms with Crippen molar-refractivity contribution in [1.29, 1.82) is 5.26 Å². The van der Waals surface area contributed by atoms with Crippen LogP contribution in [0.15, 0.2) is 24.3 Å². The van der Waals surface area contributed by atoms with Crippen LogP contribution in [0.2, 0.25) is 0 Å². The van der Waals surface area contributed by atoms with Gasteiger partial charge >= 0.3 is 0 Å². The minimum absolute atomic E-state index is 0.0823. The van der Waals surface area contributed by atoms with E-state index in [9.17, 15) is 0 Å². The number of nitrogens with zero attached hydrogens (tertiary/aromatic N) is 2. The second kappa shape index (κ2) is 6.42. The summed E-state index contributed by atoms with van der Waals surface area (Å²) in [5.74, 6) is 0. The molecule has 1 aromatic rings. The average molecular weight is 243 g/mol. The van der Waals surface area contributed by atoms with E-state index in [1.807, 2.05) is 6.92 Å². The molecular weight excluding hydrogens is 222 g/mol. The molecule has 0 saturated carbocycles. The molecule has 1 aliphatic heterocycles. The molecule has 1 aromatic carbocycles. The number of hydrogen-bond donors (Lipinski definition) is 1. The van der Waals surface area contributed by atoms with Gasteiger partial charge in [-0.2, -0.15) is 5.26 Å². The molecule has 1 aliphatic rings. The van der Waals surface area contributed by atoms with Crippen molar-refractivity contribution in [3.8, 4) is 6.07 Å². The summed E-state index contributed by atoms with van der Waals surface area (Å²) in [6, 6.07) is 10.9. The number of fused-ring (bicyclic) bond motifs is 1. The molecule has 1 heterocycles. The van der Waals surface area contributed by atoms with Crippen LogP contribution in [-0.4, -0.2) is 25.7 Å². The lowest BCUT2D eigenvalue weighted by Crippen LogP contribution is -2.40. The molecule has 0 amide bonds. The summed E-state index contributed by atoms with van der Waals surface area (Å²) in [5, 5.41) is 12.4. The summed E-state index contributed by atoms with van der Waals surface area (Å²) >= 11 is 0. The van der Waals surface area contributed by atoms with Crippen LogP contribution < -0.4 is 10.2 Å². The fraction of sp³-hybridized carbons (Fsp3) is 0.533. The van der Waals surface area contributed by atoms with Crippen LogP contribution in [0.1, 0.15) is 25.3 Å². The van der Waals surface area contributed by atoms with Crippen molar-refractivity contribution in [2.75, 3.05) is 24.5 Å². The Labute approximate surface area is 109 Å². The number of para-hydroxylation sites is 1. The topological polar surface area (TPSA) is 39.1 Å². The first-order valence-corrected chi connectivity index (χ1v) is 6.81. The predicted molar refractivity (Wildman–Crippen MR) is 74.7 cm³/mol. The quantitative estimate of drug-likeness (QED) is 0.882. The molecule has 0 fully saturated rings. The molecule has 3 nitrogen and oxygen atoms in total. The van der Waals surface area contributed by atoms with E-state index in [-0.39, 0.29) is 6.04 Å². The van der Waals surface area contributed by atoms with Gasteiger partial charge in [-0.25, -0.2) is 0 Å². The normalized spacial score (nSPS) is 16.6. The monoisotopic (exact) mass is 243 g/mol. The highest BCUT2D eigenvalue weighted by Gasteiger charge is 2.18. The summed E-state index contributed by atoms with van der Waals surface area (Å²) in [4.78, 5) is 2.36. The Morgan fingerprint density at radius 1 is 1.39 bits per heavy atom. The smallest absolute Gasteiger partial charge is 0.113 e. The largest absolute Gasteiger partial charge is 0.369 e. The molecular formula is C15H21N3. The summed E-state index contributed by atoms with van der Waals surface area (Å²) in [6.45, 7) is 4.72. The number of aryl methyl sites for hydroxylation is 1. The Kier molecular flexibility index (Phi) is 4.60. The predicted octanol–water partition coefficient (Wildman–Crippen LogP) is 2.33. The lowest BCUT2D eigenvalue weighted by molar-refractivity contribution is 0.594. The molecule has 0 saturated heterocycles. The van der Waals surface area contributed by atoms with Gasteiger partial charge in [0.15, 0.2) is 0 Å². The Morgan fingerprint density at radius 3 is 3.00 bits per heavy atom. The fourth-order valence-electron chi connectivity index (χ4n) is 2.58. The van der Waals surface area contributed by atoms with Gasteiger partial charge in [0.25, 0.3) is 0 Å². The van der Waals surface area contributed by atoms with Gasteiger partial charge < -0.3 is 10.2 Å². The van der Waals surface area contributed by atoms with E-state index in [0.29, 0.717) is 0 Å². The number of benzene rings is 1. The van der Waals surface area contributed by atoms with E-state index < -0.39 is 0 Å². The van der Waals surface area contributed by atoms with Crippen molar-refractivity contribution >= 4 is 5.69 Å². The van der Waals surface area contributed by atoms with Crippen LogP contribution in [0.4, 0.5) is 5.69 Å². The van der Waals surface area contributed by atoms with Crippen molar-refractivity contribution in [3.05, 3.63) is 29.8 Å². The molecule has 1 N–H and O–H groups in total. The van der Waals surface area contributed by atoms with Crippen molar-refractivity contribution in [3.63, 3.8) is 0 Å². The van der Waals surface area contributed by atoms with Crippen LogP contribution in [0, 0.1) is 11.3 Å². The average Bonchev–Trinajstić information content (AvgIpc) is 2.61. The highest BCUT2D eigenvalue weighted by Crippen LogP contribution is 2.25. The van der Waals surface area contributed by atoms with Crippen molar-refractivity contribution in [1.82, 2.24) is 5.32 Å². The van der Waals surface area contributed by atoms with Crippen LogP contribution in [-0.2, 0) is 6.42 Å². The number of hydrogen-bond acceptors (Lipinski definition) is 3. The molecule has 0 aliphatic carbocycles. The van der Waals surface area contributed by atoms with Crippen LogP contribution in [0.3, 0.4) is 0 Å². The van der Waals surface area contributed by atoms with Crippen molar-refractivity contribution in [2.45, 2.75) is 32.2 Å². The molecule has 0 radical (unpaired) electrons. The van der Waals surface area contributed by atoms with Gasteiger partial charge in [0.1, 0.15) is 6.04 Å². The first-order valence-electron chi connectivity index (χ1n) is 6.81. The second-order valence-corrected chi connectivity index (χ2v) is 4.77. The maximum Gasteiger partial charge on any atom is 0.113 e. The lowest BCUT2D eigenvalue weighted by atomic mass is 10.1. The fourth-order valence-corrected chi connectivity index (χ4v) is 2.58. The van der Waals surface area contributed by atoms with E-state index in [1.54, 1.807) is 0 Å². The number of nitrogens with one attached hydrogen (secondary N) is 1. The maximum atomic E-state index is 9.17. The molecule has 3 heteroatoms. The van der Waals surface area contributed by atoms with Gasteiger partial charge in [0.05, 0.1) is 6.07 Å². The number of anilines is 1. The van der Waals surface area contributed by atoms with Crippen LogP contribution >= 0.6 is 0 Å². The molecule has 1 atom stereocenters. The van der Waals surface area contributed by atoms with E-state index in [1.165, 1.54) is 24.1 Å². The van der Waals surface area contributed by atoms with Gasteiger partial charge in [-0.05, 0) is 37.4 Å². The van der Waals surface area contributed by atoms with E-state index in [2.05, 4.69) is 40.6 Å². The summed E-state index contributed by atoms with van der Waals surface area (Å²) in [7, 11) is 0. The molecule has 2 rings (SSSR count). The SMILES string of the molecule is CCNC(C#N)CN1CCCCc2ccccc21. The Morgan fingerprint density at radius 2 is 2.22 bits per heavy atom. The molecule has 1 unspecified atom stereocenters. The van der Waals surface area contributed by atoms with Crippen LogP contribution in [0.25, 0.3) is 0 Å². The zero-order valence-corrected chi connectivity index (χ0v) is 11.0. The van der Waals surface area contributed by atoms with E-state index in [0.717, 1.165) is 26.1 Å². The van der Waals surface area contributed by atoms with E-state index in [4.69, 9.17) is 5.26 Å². The summed E-state index contributed by atoms with van der Waals surface area (Å²) in [6.07, 6.45) is 3.61. The zero-order valence-electron chi connectivity index (χ0n) is 11.0. The third kappa shape index (κ3) is 3.02. The minimum atomic E-state index is -0.0823.